The van der Waals surface area contributed by atoms with Crippen molar-refractivity contribution in [3.8, 4) is 22.8 Å². The van der Waals surface area contributed by atoms with E-state index in [1.807, 2.05) is 146 Å². The van der Waals surface area contributed by atoms with E-state index in [0.29, 0.717) is 42.4 Å². The normalized spacial score (nSPS) is 18.1. The number of hydrogen-bond acceptors (Lipinski definition) is 8. The molecule has 12 nitrogen and oxygen atoms in total. The molecule has 0 unspecified atom stereocenters. The highest BCUT2D eigenvalue weighted by Crippen LogP contribution is 2.36. The molecule has 0 radical (unpaired) electrons. The Bertz CT molecular complexity index is 2370. The summed E-state index contributed by atoms with van der Waals surface area (Å²) in [5, 5.41) is 3.05. The molecular formula is C45H48N8O4. The van der Waals surface area contributed by atoms with Gasteiger partial charge in [0, 0.05) is 29.9 Å². The molecule has 2 aromatic heterocycles. The van der Waals surface area contributed by atoms with E-state index in [1.54, 1.807) is 11.1 Å². The summed E-state index contributed by atoms with van der Waals surface area (Å²) in [5.41, 5.74) is 5.65. The largest absolute Gasteiger partial charge is 0.436 e. The molecule has 4 heterocycles. The second kappa shape index (κ2) is 16.2. The fourth-order valence-corrected chi connectivity index (χ4v) is 8.36. The first-order valence-corrected chi connectivity index (χ1v) is 19.6. The number of benzene rings is 4. The van der Waals surface area contributed by atoms with Gasteiger partial charge in [-0.2, -0.15) is 0 Å². The van der Waals surface area contributed by atoms with Gasteiger partial charge in [0.2, 0.25) is 23.6 Å². The number of aromatic amines is 1. The molecule has 0 saturated carbocycles. The van der Waals surface area contributed by atoms with Crippen molar-refractivity contribution in [1.29, 1.82) is 0 Å². The van der Waals surface area contributed by atoms with Crippen LogP contribution in [0.25, 0.3) is 33.8 Å². The van der Waals surface area contributed by atoms with Crippen LogP contribution in [0.15, 0.2) is 114 Å². The number of carbonyl (C=O) groups excluding carboxylic acids is 3. The average Bonchev–Trinajstić information content (AvgIpc) is 4.05. The number of oxazole rings is 1. The highest BCUT2D eigenvalue weighted by Gasteiger charge is 2.39. The van der Waals surface area contributed by atoms with Crippen molar-refractivity contribution in [2.24, 2.45) is 0 Å². The lowest BCUT2D eigenvalue weighted by Crippen LogP contribution is -2.47. The maximum Gasteiger partial charge on any atom is 0.247 e. The second-order valence-corrected chi connectivity index (χ2v) is 15.4. The summed E-state index contributed by atoms with van der Waals surface area (Å²) in [6.45, 7) is 1.21. The third kappa shape index (κ3) is 7.70. The Balaban J connectivity index is 0.961. The molecule has 2 fully saturated rings. The van der Waals surface area contributed by atoms with E-state index in [-0.39, 0.29) is 29.8 Å². The summed E-state index contributed by atoms with van der Waals surface area (Å²) < 4.78 is 6.28. The van der Waals surface area contributed by atoms with Crippen LogP contribution < -0.4 is 5.32 Å². The van der Waals surface area contributed by atoms with Gasteiger partial charge in [0.05, 0.1) is 23.3 Å². The zero-order chi connectivity index (χ0) is 39.6. The third-order valence-corrected chi connectivity index (χ3v) is 11.1. The molecule has 2 saturated heterocycles. The Morgan fingerprint density at radius 1 is 0.754 bits per heavy atom. The number of carbonyl (C=O) groups is 3. The molecule has 0 aliphatic carbocycles. The van der Waals surface area contributed by atoms with Gasteiger partial charge in [-0.3, -0.25) is 24.2 Å². The molecule has 6 aromatic rings. The minimum atomic E-state index is -0.569. The number of hydrogen-bond donors (Lipinski definition) is 2. The third-order valence-electron chi connectivity index (χ3n) is 11.1. The summed E-state index contributed by atoms with van der Waals surface area (Å²) in [4.78, 5) is 62.1. The van der Waals surface area contributed by atoms with Gasteiger partial charge in [-0.1, -0.05) is 66.7 Å². The number of imidazole rings is 1. The topological polar surface area (TPSA) is 131 Å². The molecule has 0 bridgehead atoms. The summed E-state index contributed by atoms with van der Waals surface area (Å²) >= 11 is 0. The van der Waals surface area contributed by atoms with Crippen molar-refractivity contribution in [3.05, 3.63) is 126 Å². The number of likely N-dealkylation sites (N-methyl/N-ethyl adjacent to an activating group) is 2. The number of nitrogens with zero attached hydrogens (tertiary/aromatic N) is 6. The van der Waals surface area contributed by atoms with Crippen LogP contribution in [0.3, 0.4) is 0 Å². The minimum absolute atomic E-state index is 0.0697. The van der Waals surface area contributed by atoms with Crippen molar-refractivity contribution >= 4 is 34.4 Å². The monoisotopic (exact) mass is 764 g/mol. The van der Waals surface area contributed by atoms with Crippen molar-refractivity contribution in [2.75, 3.05) is 46.6 Å². The Morgan fingerprint density at radius 2 is 1.40 bits per heavy atom. The number of aromatic nitrogens is 3. The Kier molecular flexibility index (Phi) is 10.7. The zero-order valence-electron chi connectivity index (χ0n) is 32.8. The van der Waals surface area contributed by atoms with Crippen molar-refractivity contribution in [3.63, 3.8) is 0 Å². The van der Waals surface area contributed by atoms with E-state index in [4.69, 9.17) is 9.40 Å². The number of nitrogens with one attached hydrogen (secondary N) is 2. The van der Waals surface area contributed by atoms with Gasteiger partial charge in [0.25, 0.3) is 0 Å². The lowest BCUT2D eigenvalue weighted by atomic mass is 10.0. The number of amides is 3. The molecule has 2 N–H and O–H groups in total. The van der Waals surface area contributed by atoms with Crippen LogP contribution in [-0.2, 0) is 14.4 Å². The Labute approximate surface area is 332 Å². The summed E-state index contributed by atoms with van der Waals surface area (Å²) in [7, 11) is 7.65. The van der Waals surface area contributed by atoms with Crippen LogP contribution >= 0.6 is 0 Å². The van der Waals surface area contributed by atoms with Gasteiger partial charge in [-0.25, -0.2) is 9.97 Å². The van der Waals surface area contributed by atoms with E-state index in [2.05, 4.69) is 15.3 Å². The van der Waals surface area contributed by atoms with Gasteiger partial charge >= 0.3 is 0 Å². The van der Waals surface area contributed by atoms with E-state index < -0.39 is 12.1 Å². The maximum absolute atomic E-state index is 14.0. The molecule has 4 aromatic carbocycles. The minimum Gasteiger partial charge on any atom is -0.436 e. The van der Waals surface area contributed by atoms with Crippen LogP contribution in [0.5, 0.6) is 0 Å². The highest BCUT2D eigenvalue weighted by molar-refractivity contribution is 5.98. The summed E-state index contributed by atoms with van der Waals surface area (Å²) in [6, 6.07) is 31.3. The average molecular weight is 765 g/mol. The van der Waals surface area contributed by atoms with Gasteiger partial charge < -0.3 is 24.5 Å². The van der Waals surface area contributed by atoms with Crippen molar-refractivity contribution < 1.29 is 18.8 Å². The van der Waals surface area contributed by atoms with E-state index in [0.717, 1.165) is 52.8 Å². The molecular weight excluding hydrogens is 717 g/mol. The number of fused-ring (bicyclic) bond motifs is 1. The lowest BCUT2D eigenvalue weighted by Gasteiger charge is -2.31. The second-order valence-electron chi connectivity index (χ2n) is 15.4. The highest BCUT2D eigenvalue weighted by atomic mass is 16.4. The van der Waals surface area contributed by atoms with Crippen LogP contribution in [0, 0.1) is 0 Å². The van der Waals surface area contributed by atoms with E-state index in [1.165, 1.54) is 0 Å². The van der Waals surface area contributed by atoms with Crippen molar-refractivity contribution in [2.45, 2.75) is 49.9 Å². The standard InChI is InChI=1S/C45H48N8O4/c1-50(2)39(29-14-7-5-8-15-29)44(55)52-24-12-20-36(52)41-48-34-23-22-31(27-35(34)49-41)38-28-46-43(57-38)32-18-11-19-33(26-32)47-42(54)37-21-13-25-53(37)45(56)40(51(3)4)30-16-9-6-10-17-30/h5-11,14-19,22-23,26-28,36-37,39-40H,12-13,20-21,24-25H2,1-4H3,(H,47,54)(H,48,49)/t36-,37-,39+,40+/m0/s1. The quantitative estimate of drug-likeness (QED) is 0.143. The first-order valence-electron chi connectivity index (χ1n) is 19.6. The van der Waals surface area contributed by atoms with Crippen LogP contribution in [0.4, 0.5) is 5.69 Å². The number of anilines is 1. The molecule has 4 atom stereocenters. The summed E-state index contributed by atoms with van der Waals surface area (Å²) in [5.74, 6) is 1.54. The van der Waals surface area contributed by atoms with Gasteiger partial charge in [0.1, 0.15) is 23.9 Å². The molecule has 3 amide bonds. The molecule has 2 aliphatic heterocycles. The predicted molar refractivity (Wildman–Crippen MR) is 220 cm³/mol. The van der Waals surface area contributed by atoms with Gasteiger partial charge in [0.15, 0.2) is 5.76 Å². The predicted octanol–water partition coefficient (Wildman–Crippen LogP) is 7.08. The molecule has 8 rings (SSSR count). The molecule has 57 heavy (non-hydrogen) atoms. The lowest BCUT2D eigenvalue weighted by molar-refractivity contribution is -0.140. The first-order chi connectivity index (χ1) is 27.7. The fraction of sp³-hybridized carbons (Fsp3) is 0.311. The molecule has 0 spiro atoms. The van der Waals surface area contributed by atoms with Crippen LogP contribution in [-0.4, -0.2) is 99.6 Å². The van der Waals surface area contributed by atoms with Gasteiger partial charge in [-0.05, 0) is 101 Å². The molecule has 2 aliphatic rings. The van der Waals surface area contributed by atoms with E-state index >= 15 is 0 Å². The van der Waals surface area contributed by atoms with E-state index in [9.17, 15) is 14.4 Å². The number of likely N-dealkylation sites (tertiary alicyclic amines) is 2. The van der Waals surface area contributed by atoms with Crippen LogP contribution in [0.1, 0.15) is 60.8 Å². The van der Waals surface area contributed by atoms with Crippen LogP contribution in [0.2, 0.25) is 0 Å². The maximum atomic E-state index is 14.0. The molecule has 292 valence electrons. The smallest absolute Gasteiger partial charge is 0.247 e. The zero-order valence-corrected chi connectivity index (χ0v) is 32.8. The Morgan fingerprint density at radius 3 is 2.09 bits per heavy atom. The Hall–Kier alpha value is -6.11. The summed E-state index contributed by atoms with van der Waals surface area (Å²) in [6.07, 6.45) is 4.79. The van der Waals surface area contributed by atoms with Crippen molar-refractivity contribution in [1.82, 2.24) is 34.6 Å². The SMILES string of the molecule is CN(C)[C@@H](C(=O)N1CCC[C@H]1C(=O)Nc1cccc(-c2ncc(-c3ccc4nc([C@@H]5CCCN5C(=O)[C@@H](c5ccccc5)N(C)C)[nH]c4c3)o2)c1)c1ccccc1. The van der Waals surface area contributed by atoms with Gasteiger partial charge in [-0.15, -0.1) is 0 Å². The fourth-order valence-electron chi connectivity index (χ4n) is 8.36. The number of H-pyrrole nitrogens is 1. The molecule has 12 heteroatoms. The first kappa shape index (κ1) is 37.8. The number of rotatable bonds is 11.